The third-order valence-corrected chi connectivity index (χ3v) is 6.57. The monoisotopic (exact) mass is 445 g/mol. The van der Waals surface area contributed by atoms with Gasteiger partial charge in [-0.15, -0.1) is 0 Å². The van der Waals surface area contributed by atoms with Crippen molar-refractivity contribution in [2.45, 2.75) is 51.9 Å². The summed E-state index contributed by atoms with van der Waals surface area (Å²) >= 11 is 0. The predicted molar refractivity (Wildman–Crippen MR) is 107 cm³/mol. The van der Waals surface area contributed by atoms with Crippen LogP contribution in [0.5, 0.6) is 0 Å². The van der Waals surface area contributed by atoms with E-state index in [-0.39, 0.29) is 47.5 Å². The van der Waals surface area contributed by atoms with E-state index in [9.17, 15) is 14.4 Å². The van der Waals surface area contributed by atoms with Crippen LogP contribution in [0.3, 0.4) is 0 Å². The van der Waals surface area contributed by atoms with Gasteiger partial charge in [0.2, 0.25) is 11.8 Å². The van der Waals surface area contributed by atoms with Crippen LogP contribution in [0.4, 0.5) is 14.5 Å². The van der Waals surface area contributed by atoms with Crippen LogP contribution in [-0.4, -0.2) is 47.4 Å². The molecule has 0 aliphatic carbocycles. The van der Waals surface area contributed by atoms with E-state index < -0.39 is 53.2 Å². The standard InChI is InChI=1S/C22H21F2N3O5/c1-9-8-27-19-12(4-13(17(23)18(19)24)14-7-25-11(3)32-14)6-22(20(27)10(2)31-9)15(28)5-16(29)26-21(22)30/h4,7,9-10,20H,5-6,8H2,1-3H3,(H,26,29,30)/t9-,10+,20-,22?/m1/s1. The highest BCUT2D eigenvalue weighted by atomic mass is 19.2. The fourth-order valence-corrected chi connectivity index (χ4v) is 5.40. The van der Waals surface area contributed by atoms with Crippen molar-refractivity contribution in [1.29, 1.82) is 0 Å². The predicted octanol–water partition coefficient (Wildman–Crippen LogP) is 2.07. The van der Waals surface area contributed by atoms with E-state index in [0.717, 1.165) is 0 Å². The number of fused-ring (bicyclic) bond motifs is 4. The number of Topliss-reactive ketones (excluding diaryl/α,β-unsaturated/α-hetero) is 1. The van der Waals surface area contributed by atoms with Gasteiger partial charge in [0.1, 0.15) is 5.41 Å². The van der Waals surface area contributed by atoms with Crippen LogP contribution < -0.4 is 10.2 Å². The molecule has 168 valence electrons. The van der Waals surface area contributed by atoms with Crippen molar-refractivity contribution in [2.75, 3.05) is 11.4 Å². The Labute approximate surface area is 181 Å². The SMILES string of the molecule is Cc1ncc(-c2cc3c(c(F)c2F)N2C[C@@H](C)O[C@@H](C)[C@@H]2C2(C3)C(=O)CC(=O)NC2=O)o1. The summed E-state index contributed by atoms with van der Waals surface area (Å²) in [6.45, 7) is 5.20. The Bertz CT molecular complexity index is 1160. The molecular weight excluding hydrogens is 424 g/mol. The summed E-state index contributed by atoms with van der Waals surface area (Å²) in [6, 6.07) is 0.507. The molecule has 2 aromatic rings. The number of aryl methyl sites for hydroxylation is 1. The largest absolute Gasteiger partial charge is 0.441 e. The highest BCUT2D eigenvalue weighted by molar-refractivity contribution is 6.22. The number of benzene rings is 1. The van der Waals surface area contributed by atoms with Gasteiger partial charge in [-0.05, 0) is 31.9 Å². The maximum atomic E-state index is 15.5. The van der Waals surface area contributed by atoms with Crippen molar-refractivity contribution >= 4 is 23.3 Å². The first-order chi connectivity index (χ1) is 15.1. The van der Waals surface area contributed by atoms with E-state index in [0.29, 0.717) is 0 Å². The first-order valence-corrected chi connectivity index (χ1v) is 10.4. The first-order valence-electron chi connectivity index (χ1n) is 10.4. The minimum Gasteiger partial charge on any atom is -0.441 e. The summed E-state index contributed by atoms with van der Waals surface area (Å²) in [5.41, 5.74) is -1.54. The van der Waals surface area contributed by atoms with Gasteiger partial charge in [-0.1, -0.05) is 0 Å². The number of anilines is 1. The third-order valence-electron chi connectivity index (χ3n) is 6.57. The molecule has 0 radical (unpaired) electrons. The fraction of sp³-hybridized carbons (Fsp3) is 0.455. The number of morpholine rings is 1. The molecular formula is C22H21F2N3O5. The number of amides is 2. The summed E-state index contributed by atoms with van der Waals surface area (Å²) in [4.78, 5) is 43.8. The zero-order chi connectivity index (χ0) is 22.9. The Morgan fingerprint density at radius 2 is 1.97 bits per heavy atom. The zero-order valence-electron chi connectivity index (χ0n) is 17.7. The molecule has 1 N–H and O–H groups in total. The average molecular weight is 445 g/mol. The number of piperidine rings is 1. The minimum atomic E-state index is -1.67. The molecule has 1 unspecified atom stereocenters. The van der Waals surface area contributed by atoms with Crippen molar-refractivity contribution in [3.8, 4) is 11.3 Å². The molecule has 2 saturated heterocycles. The molecule has 4 heterocycles. The van der Waals surface area contributed by atoms with Gasteiger partial charge < -0.3 is 14.1 Å². The minimum absolute atomic E-state index is 0.00221. The highest BCUT2D eigenvalue weighted by Crippen LogP contribution is 2.50. The second-order valence-corrected chi connectivity index (χ2v) is 8.68. The van der Waals surface area contributed by atoms with E-state index in [1.54, 1.807) is 25.7 Å². The smallest absolute Gasteiger partial charge is 0.242 e. The Morgan fingerprint density at radius 3 is 2.62 bits per heavy atom. The molecule has 1 aromatic heterocycles. The molecule has 1 spiro atoms. The molecule has 1 aromatic carbocycles. The van der Waals surface area contributed by atoms with Gasteiger partial charge in [0.25, 0.3) is 0 Å². The van der Waals surface area contributed by atoms with Crippen molar-refractivity contribution < 1.29 is 32.3 Å². The van der Waals surface area contributed by atoms with Crippen LogP contribution in [0, 0.1) is 24.0 Å². The summed E-state index contributed by atoms with van der Waals surface area (Å²) in [5, 5.41) is 2.26. The van der Waals surface area contributed by atoms with Gasteiger partial charge in [-0.2, -0.15) is 0 Å². The lowest BCUT2D eigenvalue weighted by molar-refractivity contribution is -0.158. The van der Waals surface area contributed by atoms with E-state index >= 15 is 8.78 Å². The lowest BCUT2D eigenvalue weighted by Crippen LogP contribution is -2.72. The van der Waals surface area contributed by atoms with Crippen LogP contribution in [0.15, 0.2) is 16.7 Å². The summed E-state index contributed by atoms with van der Waals surface area (Å²) < 4.78 is 42.0. The van der Waals surface area contributed by atoms with Crippen LogP contribution in [0.1, 0.15) is 31.7 Å². The lowest BCUT2D eigenvalue weighted by atomic mass is 9.63. The third kappa shape index (κ3) is 2.75. The number of rotatable bonds is 1. The number of halogens is 2. The number of ether oxygens (including phenoxy) is 1. The molecule has 2 fully saturated rings. The van der Waals surface area contributed by atoms with Gasteiger partial charge in [-0.25, -0.2) is 13.8 Å². The highest BCUT2D eigenvalue weighted by Gasteiger charge is 2.62. The lowest BCUT2D eigenvalue weighted by Gasteiger charge is -2.55. The Hall–Kier alpha value is -3.14. The zero-order valence-corrected chi connectivity index (χ0v) is 17.7. The molecule has 10 heteroatoms. The second-order valence-electron chi connectivity index (χ2n) is 8.68. The van der Waals surface area contributed by atoms with Crippen molar-refractivity contribution in [3.05, 3.63) is 35.4 Å². The van der Waals surface area contributed by atoms with Gasteiger partial charge in [-0.3, -0.25) is 19.7 Å². The fourth-order valence-electron chi connectivity index (χ4n) is 5.40. The van der Waals surface area contributed by atoms with E-state index in [1.165, 1.54) is 12.3 Å². The van der Waals surface area contributed by atoms with Crippen LogP contribution in [0.25, 0.3) is 11.3 Å². The second kappa shape index (κ2) is 6.93. The maximum Gasteiger partial charge on any atom is 0.242 e. The number of hydrogen-bond donors (Lipinski definition) is 1. The molecule has 3 aliphatic heterocycles. The van der Waals surface area contributed by atoms with E-state index in [1.807, 2.05) is 0 Å². The van der Waals surface area contributed by atoms with Gasteiger partial charge in [0.15, 0.2) is 29.1 Å². The van der Waals surface area contributed by atoms with Crippen LogP contribution in [-0.2, 0) is 25.5 Å². The summed E-state index contributed by atoms with van der Waals surface area (Å²) in [7, 11) is 0. The van der Waals surface area contributed by atoms with E-state index in [2.05, 4.69) is 10.3 Å². The van der Waals surface area contributed by atoms with Crippen LogP contribution in [0.2, 0.25) is 0 Å². The number of oxazole rings is 1. The van der Waals surface area contributed by atoms with Crippen molar-refractivity contribution in [1.82, 2.24) is 10.3 Å². The molecule has 5 rings (SSSR count). The number of carbonyl (C=O) groups excluding carboxylic acids is 3. The number of nitrogens with zero attached hydrogens (tertiary/aromatic N) is 2. The number of ketones is 1. The molecule has 3 aliphatic rings. The summed E-state index contributed by atoms with van der Waals surface area (Å²) in [6.07, 6.45) is -0.371. The van der Waals surface area contributed by atoms with E-state index in [4.69, 9.17) is 9.15 Å². The number of nitrogens with one attached hydrogen (secondary N) is 1. The Kier molecular flexibility index (Phi) is 4.49. The summed E-state index contributed by atoms with van der Waals surface area (Å²) in [5.74, 6) is -3.85. The number of imide groups is 1. The van der Waals surface area contributed by atoms with Crippen molar-refractivity contribution in [3.63, 3.8) is 0 Å². The van der Waals surface area contributed by atoms with Crippen LogP contribution >= 0.6 is 0 Å². The molecule has 4 atom stereocenters. The normalized spacial score (nSPS) is 29.7. The average Bonchev–Trinajstić information content (AvgIpc) is 3.14. The van der Waals surface area contributed by atoms with Gasteiger partial charge in [0.05, 0.1) is 42.1 Å². The van der Waals surface area contributed by atoms with Crippen molar-refractivity contribution in [2.24, 2.45) is 5.41 Å². The van der Waals surface area contributed by atoms with Gasteiger partial charge >= 0.3 is 0 Å². The molecule has 8 nitrogen and oxygen atoms in total. The molecule has 2 amide bonds. The van der Waals surface area contributed by atoms with Gasteiger partial charge in [0, 0.05) is 13.5 Å². The Balaban J connectivity index is 1.75. The Morgan fingerprint density at radius 1 is 1.22 bits per heavy atom. The number of carbonyl (C=O) groups is 3. The first kappa shape index (κ1) is 20.7. The molecule has 0 saturated carbocycles. The number of aromatic nitrogens is 1. The quantitative estimate of drug-likeness (QED) is 0.530. The maximum absolute atomic E-state index is 15.5. The topological polar surface area (TPSA) is 102 Å². The molecule has 32 heavy (non-hydrogen) atoms. The molecule has 0 bridgehead atoms. The number of hydrogen-bond acceptors (Lipinski definition) is 7.